The smallest absolute Gasteiger partial charge is 0.302 e. The van der Waals surface area contributed by atoms with Gasteiger partial charge in [0.1, 0.15) is 0 Å². The molecule has 0 spiro atoms. The number of hydrogen-bond acceptors (Lipinski definition) is 5. The van der Waals surface area contributed by atoms with Gasteiger partial charge in [-0.3, -0.25) is 9.59 Å². The molecule has 4 rings (SSSR count). The summed E-state index contributed by atoms with van der Waals surface area (Å²) in [6.45, 7) is 12.5. The fourth-order valence-electron chi connectivity index (χ4n) is 7.71. The normalized spacial score (nSPS) is 45.5. The highest BCUT2D eigenvalue weighted by Crippen LogP contribution is 2.62. The van der Waals surface area contributed by atoms with Gasteiger partial charge in [-0.2, -0.15) is 0 Å². The summed E-state index contributed by atoms with van der Waals surface area (Å²) >= 11 is 0. The van der Waals surface area contributed by atoms with Crippen LogP contribution in [0.3, 0.4) is 0 Å². The monoisotopic (exact) mass is 444 g/mol. The van der Waals surface area contributed by atoms with Gasteiger partial charge in [-0.15, -0.1) is 0 Å². The Bertz CT molecular complexity index is 837. The summed E-state index contributed by atoms with van der Waals surface area (Å²) < 4.78 is 12.2. The fourth-order valence-corrected chi connectivity index (χ4v) is 7.71. The Hall–Kier alpha value is -1.46. The zero-order valence-electron chi connectivity index (χ0n) is 20.5. The lowest BCUT2D eigenvalue weighted by atomic mass is 9.46. The number of esters is 1. The maximum absolute atomic E-state index is 12.4. The van der Waals surface area contributed by atoms with Gasteiger partial charge in [0.2, 0.25) is 0 Å². The minimum Gasteiger partial charge on any atom is -0.466 e. The van der Waals surface area contributed by atoms with Gasteiger partial charge in [0.15, 0.2) is 5.78 Å². The van der Waals surface area contributed by atoms with Crippen molar-refractivity contribution < 1.29 is 24.2 Å². The number of hydrogen-bond donors (Lipinski definition) is 1. The summed E-state index contributed by atoms with van der Waals surface area (Å²) in [5, 5.41) is 11.6. The number of ether oxygens (including phenoxy) is 2. The molecule has 0 aromatic rings. The molecule has 3 aliphatic carbocycles. The zero-order chi connectivity index (χ0) is 23.5. The first kappa shape index (κ1) is 23.7. The van der Waals surface area contributed by atoms with E-state index in [0.29, 0.717) is 25.4 Å². The van der Waals surface area contributed by atoms with E-state index >= 15 is 0 Å². The highest BCUT2D eigenvalue weighted by molar-refractivity contribution is 5.96. The molecule has 0 amide bonds. The lowest BCUT2D eigenvalue weighted by molar-refractivity contribution is -0.204. The molecule has 1 aliphatic heterocycles. The largest absolute Gasteiger partial charge is 0.466 e. The standard InChI is InChI=1S/C27H40O5/c1-16-12-21-19(14-20(16)29)18(15-31-17(2)28)13-22(32-21)24-26(5)10-7-9-25(3,4)23(26)8-11-27(24,6)30/h8,11-12,18-19,21-24,30H,7,9-10,13-15H2,1-6H3/t18?,19-,21-,22-,23+,24-,26+,27-/m1/s1. The van der Waals surface area contributed by atoms with Crippen LogP contribution in [0.1, 0.15) is 73.6 Å². The van der Waals surface area contributed by atoms with Gasteiger partial charge in [0.25, 0.3) is 0 Å². The minimum atomic E-state index is -0.981. The van der Waals surface area contributed by atoms with Crippen molar-refractivity contribution in [3.05, 3.63) is 23.8 Å². The molecule has 1 N–H and O–H groups in total. The van der Waals surface area contributed by atoms with Crippen LogP contribution in [0.25, 0.3) is 0 Å². The molecule has 2 fully saturated rings. The van der Waals surface area contributed by atoms with Crippen molar-refractivity contribution in [1.82, 2.24) is 0 Å². The van der Waals surface area contributed by atoms with E-state index in [2.05, 4.69) is 26.8 Å². The van der Waals surface area contributed by atoms with Crippen molar-refractivity contribution in [3.8, 4) is 0 Å². The van der Waals surface area contributed by atoms with Crippen LogP contribution in [0.4, 0.5) is 0 Å². The third-order valence-electron chi connectivity index (χ3n) is 9.10. The third-order valence-corrected chi connectivity index (χ3v) is 9.10. The molecule has 1 saturated heterocycles. The van der Waals surface area contributed by atoms with Crippen molar-refractivity contribution in [1.29, 1.82) is 0 Å². The number of carbonyl (C=O) groups excluding carboxylic acids is 2. The Morgan fingerprint density at radius 1 is 1.25 bits per heavy atom. The number of fused-ring (bicyclic) bond motifs is 2. The zero-order valence-corrected chi connectivity index (χ0v) is 20.5. The molecule has 4 aliphatic rings. The van der Waals surface area contributed by atoms with Gasteiger partial charge in [-0.05, 0) is 61.5 Å². The molecule has 0 aromatic heterocycles. The molecular weight excluding hydrogens is 404 g/mol. The van der Waals surface area contributed by atoms with E-state index in [9.17, 15) is 14.7 Å². The predicted molar refractivity (Wildman–Crippen MR) is 123 cm³/mol. The maximum atomic E-state index is 12.4. The number of Topliss-reactive ketones (excluding diaryl/α,β-unsaturated/α-hetero) is 1. The van der Waals surface area contributed by atoms with Crippen LogP contribution < -0.4 is 0 Å². The van der Waals surface area contributed by atoms with E-state index in [0.717, 1.165) is 18.4 Å². The molecule has 0 aromatic carbocycles. The number of carbonyl (C=O) groups is 2. The molecule has 0 bridgehead atoms. The predicted octanol–water partition coefficient (Wildman–Crippen LogP) is 4.63. The third kappa shape index (κ3) is 4.00. The first-order valence-corrected chi connectivity index (χ1v) is 12.3. The Balaban J connectivity index is 1.71. The Morgan fingerprint density at radius 3 is 2.66 bits per heavy atom. The van der Waals surface area contributed by atoms with Crippen LogP contribution in [0.5, 0.6) is 0 Å². The van der Waals surface area contributed by atoms with Crippen LogP contribution in [-0.4, -0.2) is 41.3 Å². The van der Waals surface area contributed by atoms with E-state index in [1.165, 1.54) is 13.3 Å². The Kier molecular flexibility index (Phi) is 5.99. The topological polar surface area (TPSA) is 72.8 Å². The summed E-state index contributed by atoms with van der Waals surface area (Å²) in [4.78, 5) is 24.0. The van der Waals surface area contributed by atoms with Crippen LogP contribution in [0, 0.1) is 34.5 Å². The minimum absolute atomic E-state index is 0.0114. The average molecular weight is 445 g/mol. The Labute approximate surface area is 192 Å². The van der Waals surface area contributed by atoms with Crippen LogP contribution in [0.2, 0.25) is 0 Å². The summed E-state index contributed by atoms with van der Waals surface area (Å²) in [6.07, 6.45) is 10.4. The lowest BCUT2D eigenvalue weighted by Crippen LogP contribution is -2.61. The molecule has 1 unspecified atom stereocenters. The SMILES string of the molecule is CC(=O)OCC1C[C@H]([C@@H]2[C@@]3(C)CCCC(C)(C)[C@@H]3C=C[C@@]2(C)O)O[C@@H]2C=C(C)C(=O)C[C@H]12. The van der Waals surface area contributed by atoms with E-state index < -0.39 is 5.60 Å². The lowest BCUT2D eigenvalue weighted by Gasteiger charge is -2.61. The molecule has 32 heavy (non-hydrogen) atoms. The molecule has 8 atom stereocenters. The summed E-state index contributed by atoms with van der Waals surface area (Å²) in [6, 6.07) is 0. The summed E-state index contributed by atoms with van der Waals surface area (Å²) in [5.74, 6) is 0.194. The second kappa shape index (κ2) is 8.09. The van der Waals surface area contributed by atoms with E-state index in [1.54, 1.807) is 0 Å². The molecule has 1 heterocycles. The number of allylic oxidation sites excluding steroid dienone is 2. The summed E-state index contributed by atoms with van der Waals surface area (Å²) in [5.41, 5.74) is -0.158. The first-order valence-electron chi connectivity index (χ1n) is 12.3. The Morgan fingerprint density at radius 2 is 1.97 bits per heavy atom. The van der Waals surface area contributed by atoms with Gasteiger partial charge in [-0.1, -0.05) is 39.3 Å². The molecule has 0 radical (unpaired) electrons. The highest BCUT2D eigenvalue weighted by atomic mass is 16.5. The van der Waals surface area contributed by atoms with Crippen molar-refractivity contribution in [2.24, 2.45) is 34.5 Å². The number of aliphatic hydroxyl groups is 1. The highest BCUT2D eigenvalue weighted by Gasteiger charge is 2.60. The van der Waals surface area contributed by atoms with E-state index in [1.807, 2.05) is 26.0 Å². The second-order valence-electron chi connectivity index (χ2n) is 12.0. The number of ketones is 1. The molecule has 5 heteroatoms. The average Bonchev–Trinajstić information content (AvgIpc) is 2.65. The van der Waals surface area contributed by atoms with E-state index in [-0.39, 0.29) is 52.5 Å². The van der Waals surface area contributed by atoms with Crippen molar-refractivity contribution in [3.63, 3.8) is 0 Å². The molecular formula is C27H40O5. The molecule has 5 nitrogen and oxygen atoms in total. The van der Waals surface area contributed by atoms with Gasteiger partial charge in [0.05, 0.1) is 24.4 Å². The first-order chi connectivity index (χ1) is 14.8. The van der Waals surface area contributed by atoms with E-state index in [4.69, 9.17) is 9.47 Å². The van der Waals surface area contributed by atoms with Crippen LogP contribution >= 0.6 is 0 Å². The number of rotatable bonds is 3. The summed E-state index contributed by atoms with van der Waals surface area (Å²) in [7, 11) is 0. The maximum Gasteiger partial charge on any atom is 0.302 e. The van der Waals surface area contributed by atoms with Gasteiger partial charge in [-0.25, -0.2) is 0 Å². The van der Waals surface area contributed by atoms with Gasteiger partial charge >= 0.3 is 5.97 Å². The van der Waals surface area contributed by atoms with Crippen LogP contribution in [0.15, 0.2) is 23.8 Å². The van der Waals surface area contributed by atoms with Crippen molar-refractivity contribution in [2.75, 3.05) is 6.61 Å². The fraction of sp³-hybridized carbons (Fsp3) is 0.778. The van der Waals surface area contributed by atoms with Crippen molar-refractivity contribution >= 4 is 11.8 Å². The second-order valence-corrected chi connectivity index (χ2v) is 12.0. The quantitative estimate of drug-likeness (QED) is 0.508. The molecule has 178 valence electrons. The molecule has 1 saturated carbocycles. The van der Waals surface area contributed by atoms with Crippen molar-refractivity contribution in [2.45, 2.75) is 91.5 Å². The van der Waals surface area contributed by atoms with Gasteiger partial charge < -0.3 is 14.6 Å². The van der Waals surface area contributed by atoms with Gasteiger partial charge in [0, 0.05) is 31.1 Å². The van der Waals surface area contributed by atoms with Crippen LogP contribution in [-0.2, 0) is 19.1 Å².